The number of hydrogen-bond donors (Lipinski definition) is 1. The van der Waals surface area contributed by atoms with Gasteiger partial charge in [-0.3, -0.25) is 4.79 Å². The molecule has 2 aromatic carbocycles. The fraction of sp³-hybridized carbons (Fsp3) is 0.188. The highest BCUT2D eigenvalue weighted by Crippen LogP contribution is 2.23. The molecule has 0 saturated heterocycles. The number of ether oxygens (including phenoxy) is 2. The van der Waals surface area contributed by atoms with E-state index in [2.05, 4.69) is 10.1 Å². The summed E-state index contributed by atoms with van der Waals surface area (Å²) in [6, 6.07) is 13.0. The zero-order chi connectivity index (χ0) is 15.9. The van der Waals surface area contributed by atoms with Gasteiger partial charge in [0.05, 0.1) is 19.2 Å². The number of carbonyl (C=O) groups excluding carboxylic acids is 1. The van der Waals surface area contributed by atoms with Crippen molar-refractivity contribution < 1.29 is 23.0 Å². The van der Waals surface area contributed by atoms with Gasteiger partial charge in [-0.1, -0.05) is 24.3 Å². The van der Waals surface area contributed by atoms with Gasteiger partial charge in [0.25, 0.3) is 0 Å². The first kappa shape index (κ1) is 15.8. The molecule has 0 aliphatic rings. The number of halogens is 2. The largest absolute Gasteiger partial charge is 0.495 e. The van der Waals surface area contributed by atoms with Crippen LogP contribution in [0.2, 0.25) is 0 Å². The Labute approximate surface area is 126 Å². The van der Waals surface area contributed by atoms with E-state index in [1.54, 1.807) is 36.4 Å². The first-order chi connectivity index (χ1) is 10.6. The summed E-state index contributed by atoms with van der Waals surface area (Å²) in [4.78, 5) is 12.0. The quantitative estimate of drug-likeness (QED) is 0.889. The molecule has 0 aliphatic heterocycles. The molecule has 0 atom stereocenters. The topological polar surface area (TPSA) is 47.6 Å². The second-order valence-corrected chi connectivity index (χ2v) is 4.45. The number of hydrogen-bond acceptors (Lipinski definition) is 3. The number of amides is 1. The Morgan fingerprint density at radius 3 is 2.45 bits per heavy atom. The van der Waals surface area contributed by atoms with Gasteiger partial charge in [-0.05, 0) is 29.8 Å². The van der Waals surface area contributed by atoms with Crippen LogP contribution in [0, 0.1) is 0 Å². The van der Waals surface area contributed by atoms with E-state index >= 15 is 0 Å². The Morgan fingerprint density at radius 2 is 1.82 bits per heavy atom. The van der Waals surface area contributed by atoms with E-state index < -0.39 is 6.61 Å². The van der Waals surface area contributed by atoms with Crippen LogP contribution in [0.4, 0.5) is 14.5 Å². The van der Waals surface area contributed by atoms with E-state index in [1.165, 1.54) is 19.2 Å². The number of alkyl halides is 2. The SMILES string of the molecule is COc1ccccc1NC(=O)Cc1ccc(OC(F)F)cc1. The number of methoxy groups -OCH3 is 1. The van der Waals surface area contributed by atoms with Crippen LogP contribution in [0.25, 0.3) is 0 Å². The van der Waals surface area contributed by atoms with E-state index in [1.807, 2.05) is 0 Å². The lowest BCUT2D eigenvalue weighted by molar-refractivity contribution is -0.115. The van der Waals surface area contributed by atoms with Crippen molar-refractivity contribution in [3.8, 4) is 11.5 Å². The van der Waals surface area contributed by atoms with Crippen LogP contribution < -0.4 is 14.8 Å². The van der Waals surface area contributed by atoms with Crippen molar-refractivity contribution in [1.29, 1.82) is 0 Å². The first-order valence-corrected chi connectivity index (χ1v) is 6.55. The number of rotatable bonds is 6. The molecule has 6 heteroatoms. The Balaban J connectivity index is 1.97. The molecule has 0 fully saturated rings. The first-order valence-electron chi connectivity index (χ1n) is 6.55. The van der Waals surface area contributed by atoms with E-state index in [9.17, 15) is 13.6 Å². The van der Waals surface area contributed by atoms with E-state index in [0.29, 0.717) is 17.0 Å². The van der Waals surface area contributed by atoms with E-state index in [0.717, 1.165) is 0 Å². The molecule has 0 heterocycles. The Hall–Kier alpha value is -2.63. The van der Waals surface area contributed by atoms with Crippen LogP contribution in [0.1, 0.15) is 5.56 Å². The second-order valence-electron chi connectivity index (χ2n) is 4.45. The molecule has 1 amide bonds. The maximum absolute atomic E-state index is 12.0. The molecule has 0 spiro atoms. The molecule has 0 aliphatic carbocycles. The average Bonchev–Trinajstić information content (AvgIpc) is 2.49. The highest BCUT2D eigenvalue weighted by molar-refractivity contribution is 5.93. The summed E-state index contributed by atoms with van der Waals surface area (Å²) in [7, 11) is 1.52. The van der Waals surface area contributed by atoms with Crippen LogP contribution >= 0.6 is 0 Å². The monoisotopic (exact) mass is 307 g/mol. The number of para-hydroxylation sites is 2. The normalized spacial score (nSPS) is 10.4. The summed E-state index contributed by atoms with van der Waals surface area (Å²) < 4.78 is 33.5. The Bertz CT molecular complexity index is 630. The number of benzene rings is 2. The van der Waals surface area contributed by atoms with Gasteiger partial charge in [-0.25, -0.2) is 0 Å². The Morgan fingerprint density at radius 1 is 1.14 bits per heavy atom. The molecule has 0 saturated carbocycles. The van der Waals surface area contributed by atoms with Gasteiger partial charge in [-0.2, -0.15) is 8.78 Å². The number of carbonyl (C=O) groups is 1. The van der Waals surface area contributed by atoms with Crippen LogP contribution in [0.15, 0.2) is 48.5 Å². The molecule has 0 bridgehead atoms. The lowest BCUT2D eigenvalue weighted by Crippen LogP contribution is -2.15. The lowest BCUT2D eigenvalue weighted by Gasteiger charge is -2.10. The van der Waals surface area contributed by atoms with Crippen molar-refractivity contribution in [2.75, 3.05) is 12.4 Å². The molecule has 1 N–H and O–H groups in total. The minimum atomic E-state index is -2.86. The zero-order valence-corrected chi connectivity index (χ0v) is 11.9. The molecule has 0 radical (unpaired) electrons. The molecule has 116 valence electrons. The van der Waals surface area contributed by atoms with Gasteiger partial charge >= 0.3 is 6.61 Å². The highest BCUT2D eigenvalue weighted by atomic mass is 19.3. The fourth-order valence-electron chi connectivity index (χ4n) is 1.92. The number of nitrogens with one attached hydrogen (secondary N) is 1. The predicted molar refractivity (Wildman–Crippen MR) is 78.4 cm³/mol. The highest BCUT2D eigenvalue weighted by Gasteiger charge is 2.09. The molecule has 22 heavy (non-hydrogen) atoms. The van der Waals surface area contributed by atoms with Gasteiger partial charge in [0.1, 0.15) is 11.5 Å². The zero-order valence-electron chi connectivity index (χ0n) is 11.9. The molecule has 2 aromatic rings. The molecular formula is C16H15F2NO3. The van der Waals surface area contributed by atoms with Crippen molar-refractivity contribution in [2.45, 2.75) is 13.0 Å². The standard InChI is InChI=1S/C16H15F2NO3/c1-21-14-5-3-2-4-13(14)19-15(20)10-11-6-8-12(9-7-11)22-16(17)18/h2-9,16H,10H2,1H3,(H,19,20). The van der Waals surface area contributed by atoms with Crippen LogP contribution in [-0.2, 0) is 11.2 Å². The van der Waals surface area contributed by atoms with Crippen molar-refractivity contribution in [3.63, 3.8) is 0 Å². The van der Waals surface area contributed by atoms with Crippen molar-refractivity contribution in [3.05, 3.63) is 54.1 Å². The van der Waals surface area contributed by atoms with Gasteiger partial charge in [0.15, 0.2) is 0 Å². The van der Waals surface area contributed by atoms with E-state index in [4.69, 9.17) is 4.74 Å². The van der Waals surface area contributed by atoms with Crippen LogP contribution in [-0.4, -0.2) is 19.6 Å². The van der Waals surface area contributed by atoms with Crippen molar-refractivity contribution in [2.24, 2.45) is 0 Å². The maximum Gasteiger partial charge on any atom is 0.387 e. The molecule has 0 aromatic heterocycles. The fourth-order valence-corrected chi connectivity index (χ4v) is 1.92. The number of anilines is 1. The van der Waals surface area contributed by atoms with Crippen LogP contribution in [0.3, 0.4) is 0 Å². The third kappa shape index (κ3) is 4.44. The summed E-state index contributed by atoms with van der Waals surface area (Å²) in [5.74, 6) is 0.396. The predicted octanol–water partition coefficient (Wildman–Crippen LogP) is 3.48. The maximum atomic E-state index is 12.0. The van der Waals surface area contributed by atoms with Gasteiger partial charge in [0, 0.05) is 0 Å². The Kier molecular flexibility index (Phi) is 5.30. The minimum Gasteiger partial charge on any atom is -0.495 e. The van der Waals surface area contributed by atoms with Gasteiger partial charge in [-0.15, -0.1) is 0 Å². The summed E-state index contributed by atoms with van der Waals surface area (Å²) in [5, 5.41) is 2.74. The summed E-state index contributed by atoms with van der Waals surface area (Å²) in [5.41, 5.74) is 1.27. The average molecular weight is 307 g/mol. The minimum absolute atomic E-state index is 0.0592. The molecule has 2 rings (SSSR count). The second kappa shape index (κ2) is 7.40. The van der Waals surface area contributed by atoms with Gasteiger partial charge in [0.2, 0.25) is 5.91 Å². The third-order valence-electron chi connectivity index (χ3n) is 2.89. The smallest absolute Gasteiger partial charge is 0.387 e. The van der Waals surface area contributed by atoms with Crippen LogP contribution in [0.5, 0.6) is 11.5 Å². The van der Waals surface area contributed by atoms with Crippen molar-refractivity contribution >= 4 is 11.6 Å². The van der Waals surface area contributed by atoms with E-state index in [-0.39, 0.29) is 18.1 Å². The molecule has 4 nitrogen and oxygen atoms in total. The summed E-state index contributed by atoms with van der Waals surface area (Å²) in [6.07, 6.45) is 0.118. The molecule has 0 unspecified atom stereocenters. The van der Waals surface area contributed by atoms with Crippen molar-refractivity contribution in [1.82, 2.24) is 0 Å². The third-order valence-corrected chi connectivity index (χ3v) is 2.89. The van der Waals surface area contributed by atoms with Gasteiger partial charge < -0.3 is 14.8 Å². The summed E-state index contributed by atoms with van der Waals surface area (Å²) >= 11 is 0. The lowest BCUT2D eigenvalue weighted by atomic mass is 10.1. The summed E-state index contributed by atoms with van der Waals surface area (Å²) in [6.45, 7) is -2.86. The molecular weight excluding hydrogens is 292 g/mol.